The van der Waals surface area contributed by atoms with Gasteiger partial charge in [-0.1, -0.05) is 6.92 Å². The standard InChI is InChI=1S/C17H25NO2/c1-4-13-10-15-16(20-12-19-15)11-14(13)6-9-18-8-5-7-17(18,2)3/h10-11H,4-9,12H2,1-3H3. The Morgan fingerprint density at radius 1 is 1.15 bits per heavy atom. The molecular formula is C17H25NO2. The van der Waals surface area contributed by atoms with Gasteiger partial charge in [0.25, 0.3) is 0 Å². The van der Waals surface area contributed by atoms with Gasteiger partial charge in [-0.25, -0.2) is 0 Å². The number of benzene rings is 1. The summed E-state index contributed by atoms with van der Waals surface area (Å²) in [4.78, 5) is 2.62. The summed E-state index contributed by atoms with van der Waals surface area (Å²) in [7, 11) is 0. The zero-order valence-electron chi connectivity index (χ0n) is 12.9. The second kappa shape index (κ2) is 5.28. The van der Waals surface area contributed by atoms with E-state index in [0.29, 0.717) is 12.3 Å². The van der Waals surface area contributed by atoms with Crippen molar-refractivity contribution in [3.05, 3.63) is 23.3 Å². The van der Waals surface area contributed by atoms with Gasteiger partial charge in [-0.15, -0.1) is 0 Å². The molecule has 1 aromatic rings. The molecule has 0 radical (unpaired) electrons. The van der Waals surface area contributed by atoms with Gasteiger partial charge in [0, 0.05) is 12.1 Å². The molecule has 3 nitrogen and oxygen atoms in total. The number of hydrogen-bond acceptors (Lipinski definition) is 3. The van der Waals surface area contributed by atoms with Crippen LogP contribution in [0, 0.1) is 0 Å². The fourth-order valence-corrected chi connectivity index (χ4v) is 3.42. The van der Waals surface area contributed by atoms with E-state index in [9.17, 15) is 0 Å². The van der Waals surface area contributed by atoms with Crippen LogP contribution in [0.5, 0.6) is 11.5 Å². The molecule has 0 amide bonds. The van der Waals surface area contributed by atoms with Gasteiger partial charge in [0.15, 0.2) is 11.5 Å². The Balaban J connectivity index is 1.74. The van der Waals surface area contributed by atoms with Crippen LogP contribution in [0.2, 0.25) is 0 Å². The predicted molar refractivity (Wildman–Crippen MR) is 80.5 cm³/mol. The Morgan fingerprint density at radius 2 is 1.85 bits per heavy atom. The quantitative estimate of drug-likeness (QED) is 0.840. The van der Waals surface area contributed by atoms with Crippen LogP contribution < -0.4 is 9.47 Å². The van der Waals surface area contributed by atoms with E-state index in [2.05, 4.69) is 37.8 Å². The fourth-order valence-electron chi connectivity index (χ4n) is 3.42. The van der Waals surface area contributed by atoms with E-state index < -0.39 is 0 Å². The molecule has 110 valence electrons. The smallest absolute Gasteiger partial charge is 0.231 e. The Morgan fingerprint density at radius 3 is 2.45 bits per heavy atom. The van der Waals surface area contributed by atoms with E-state index in [1.165, 1.54) is 30.5 Å². The van der Waals surface area contributed by atoms with Crippen LogP contribution in [0.1, 0.15) is 44.7 Å². The highest BCUT2D eigenvalue weighted by molar-refractivity contribution is 5.48. The second-order valence-electron chi connectivity index (χ2n) is 6.48. The number of rotatable bonds is 4. The first-order valence-corrected chi connectivity index (χ1v) is 7.76. The molecule has 1 saturated heterocycles. The van der Waals surface area contributed by atoms with Crippen LogP contribution in [0.25, 0.3) is 0 Å². The lowest BCUT2D eigenvalue weighted by molar-refractivity contribution is 0.173. The lowest BCUT2D eigenvalue weighted by Crippen LogP contribution is -2.39. The Kier molecular flexibility index (Phi) is 3.63. The summed E-state index contributed by atoms with van der Waals surface area (Å²) in [6, 6.07) is 4.34. The van der Waals surface area contributed by atoms with Crippen LogP contribution in [-0.4, -0.2) is 30.3 Å². The molecular weight excluding hydrogens is 250 g/mol. The van der Waals surface area contributed by atoms with Crippen molar-refractivity contribution in [2.45, 2.75) is 52.0 Å². The van der Waals surface area contributed by atoms with E-state index in [0.717, 1.165) is 30.9 Å². The number of nitrogens with zero attached hydrogens (tertiary/aromatic N) is 1. The molecule has 20 heavy (non-hydrogen) atoms. The van der Waals surface area contributed by atoms with Crippen molar-refractivity contribution in [3.63, 3.8) is 0 Å². The summed E-state index contributed by atoms with van der Waals surface area (Å²) in [5.41, 5.74) is 3.17. The summed E-state index contributed by atoms with van der Waals surface area (Å²) in [6.07, 6.45) is 4.79. The zero-order valence-corrected chi connectivity index (χ0v) is 12.9. The first-order chi connectivity index (χ1) is 9.60. The van der Waals surface area contributed by atoms with Crippen molar-refractivity contribution in [1.29, 1.82) is 0 Å². The minimum Gasteiger partial charge on any atom is -0.454 e. The van der Waals surface area contributed by atoms with Crippen molar-refractivity contribution < 1.29 is 9.47 Å². The maximum absolute atomic E-state index is 5.52. The van der Waals surface area contributed by atoms with E-state index in [4.69, 9.17) is 9.47 Å². The number of fused-ring (bicyclic) bond motifs is 1. The molecule has 0 bridgehead atoms. The number of aryl methyl sites for hydroxylation is 1. The molecule has 3 rings (SSSR count). The molecule has 1 fully saturated rings. The summed E-state index contributed by atoms with van der Waals surface area (Å²) in [6.45, 7) is 9.67. The molecule has 0 N–H and O–H groups in total. The maximum atomic E-state index is 5.52. The van der Waals surface area contributed by atoms with E-state index in [-0.39, 0.29) is 0 Å². The first-order valence-electron chi connectivity index (χ1n) is 7.76. The molecule has 2 heterocycles. The average molecular weight is 275 g/mol. The normalized spacial score (nSPS) is 20.6. The van der Waals surface area contributed by atoms with Crippen LogP contribution in [-0.2, 0) is 12.8 Å². The number of ether oxygens (including phenoxy) is 2. The van der Waals surface area contributed by atoms with Crippen molar-refractivity contribution in [3.8, 4) is 11.5 Å². The monoisotopic (exact) mass is 275 g/mol. The summed E-state index contributed by atoms with van der Waals surface area (Å²) >= 11 is 0. The van der Waals surface area contributed by atoms with Gasteiger partial charge in [-0.3, -0.25) is 4.90 Å². The molecule has 0 saturated carbocycles. The first kappa shape index (κ1) is 13.7. The van der Waals surface area contributed by atoms with Gasteiger partial charge in [0.1, 0.15) is 0 Å². The molecule has 3 heteroatoms. The lowest BCUT2D eigenvalue weighted by atomic mass is 9.99. The van der Waals surface area contributed by atoms with Crippen LogP contribution in [0.15, 0.2) is 12.1 Å². The Labute approximate surface area is 121 Å². The lowest BCUT2D eigenvalue weighted by Gasteiger charge is -2.31. The summed E-state index contributed by atoms with van der Waals surface area (Å²) < 4.78 is 11.0. The number of likely N-dealkylation sites (tertiary alicyclic amines) is 1. The highest BCUT2D eigenvalue weighted by Gasteiger charge is 2.31. The van der Waals surface area contributed by atoms with Crippen molar-refractivity contribution in [2.24, 2.45) is 0 Å². The SMILES string of the molecule is CCc1cc2c(cc1CCN1CCCC1(C)C)OCO2. The highest BCUT2D eigenvalue weighted by atomic mass is 16.7. The van der Waals surface area contributed by atoms with Gasteiger partial charge in [0.2, 0.25) is 6.79 Å². The van der Waals surface area contributed by atoms with Gasteiger partial charge in [-0.05, 0) is 69.3 Å². The minimum atomic E-state index is 0.362. The van der Waals surface area contributed by atoms with E-state index in [1.807, 2.05) is 0 Å². The van der Waals surface area contributed by atoms with Gasteiger partial charge >= 0.3 is 0 Å². The predicted octanol–water partition coefficient (Wildman–Crippen LogP) is 3.39. The fraction of sp³-hybridized carbons (Fsp3) is 0.647. The second-order valence-corrected chi connectivity index (χ2v) is 6.48. The van der Waals surface area contributed by atoms with Crippen LogP contribution in [0.3, 0.4) is 0 Å². The maximum Gasteiger partial charge on any atom is 0.231 e. The topological polar surface area (TPSA) is 21.7 Å². The Bertz CT molecular complexity index is 496. The third-order valence-electron chi connectivity index (χ3n) is 4.80. The average Bonchev–Trinajstić information content (AvgIpc) is 3.00. The van der Waals surface area contributed by atoms with Gasteiger partial charge in [-0.2, -0.15) is 0 Å². The van der Waals surface area contributed by atoms with Crippen molar-refractivity contribution in [1.82, 2.24) is 4.90 Å². The minimum absolute atomic E-state index is 0.362. The van der Waals surface area contributed by atoms with E-state index >= 15 is 0 Å². The van der Waals surface area contributed by atoms with E-state index in [1.54, 1.807) is 0 Å². The number of hydrogen-bond donors (Lipinski definition) is 0. The van der Waals surface area contributed by atoms with Gasteiger partial charge < -0.3 is 9.47 Å². The largest absolute Gasteiger partial charge is 0.454 e. The molecule has 2 aliphatic rings. The van der Waals surface area contributed by atoms with Crippen LogP contribution >= 0.6 is 0 Å². The molecule has 0 spiro atoms. The molecule has 0 aliphatic carbocycles. The highest BCUT2D eigenvalue weighted by Crippen LogP contribution is 2.36. The zero-order chi connectivity index (χ0) is 14.2. The summed E-state index contributed by atoms with van der Waals surface area (Å²) in [5.74, 6) is 1.82. The van der Waals surface area contributed by atoms with Crippen molar-refractivity contribution in [2.75, 3.05) is 19.9 Å². The molecule has 0 unspecified atom stereocenters. The molecule has 0 aromatic heterocycles. The third-order valence-corrected chi connectivity index (χ3v) is 4.80. The molecule has 1 aromatic carbocycles. The van der Waals surface area contributed by atoms with Crippen molar-refractivity contribution >= 4 is 0 Å². The molecule has 2 aliphatic heterocycles. The van der Waals surface area contributed by atoms with Crippen LogP contribution in [0.4, 0.5) is 0 Å². The Hall–Kier alpha value is -1.22. The molecule has 0 atom stereocenters. The third kappa shape index (κ3) is 2.51. The van der Waals surface area contributed by atoms with Gasteiger partial charge in [0.05, 0.1) is 0 Å². The summed E-state index contributed by atoms with van der Waals surface area (Å²) in [5, 5.41) is 0.